The van der Waals surface area contributed by atoms with Crippen molar-refractivity contribution in [3.05, 3.63) is 40.1 Å². The van der Waals surface area contributed by atoms with Crippen LogP contribution >= 0.6 is 0 Å². The highest BCUT2D eigenvalue weighted by Gasteiger charge is 2.26. The molecule has 0 radical (unpaired) electrons. The van der Waals surface area contributed by atoms with Gasteiger partial charge in [0.05, 0.1) is 9.82 Å². The number of aromatic nitrogens is 2. The molecule has 0 fully saturated rings. The van der Waals surface area contributed by atoms with E-state index in [-0.39, 0.29) is 16.3 Å². The maximum Gasteiger partial charge on any atom is 0.294 e. The van der Waals surface area contributed by atoms with Gasteiger partial charge in [0.15, 0.2) is 5.82 Å². The molecule has 0 bridgehead atoms. The maximum absolute atomic E-state index is 12.6. The molecule has 136 valence electrons. The van der Waals surface area contributed by atoms with Crippen molar-refractivity contribution in [2.24, 2.45) is 7.05 Å². The summed E-state index contributed by atoms with van der Waals surface area (Å²) in [6.07, 6.45) is 0. The zero-order valence-corrected chi connectivity index (χ0v) is 15.4. The van der Waals surface area contributed by atoms with E-state index in [1.165, 1.54) is 16.4 Å². The van der Waals surface area contributed by atoms with Crippen LogP contribution in [-0.4, -0.2) is 40.5 Å². The highest BCUT2D eigenvalue weighted by atomic mass is 32.2. The Kier molecular flexibility index (Phi) is 5.43. The van der Waals surface area contributed by atoms with Gasteiger partial charge in [-0.15, -0.1) is 0 Å². The monoisotopic (exact) mass is 367 g/mol. The highest BCUT2D eigenvalue weighted by Crippen LogP contribution is 2.31. The normalized spacial score (nSPS) is 11.7. The number of hydrogen-bond acceptors (Lipinski definition) is 6. The molecule has 2 aromatic rings. The maximum atomic E-state index is 12.6. The number of benzene rings is 1. The van der Waals surface area contributed by atoms with Crippen LogP contribution in [0.2, 0.25) is 0 Å². The summed E-state index contributed by atoms with van der Waals surface area (Å²) in [5, 5.41) is 18.5. The summed E-state index contributed by atoms with van der Waals surface area (Å²) >= 11 is 0. The van der Waals surface area contributed by atoms with Crippen LogP contribution in [0.25, 0.3) is 0 Å². The van der Waals surface area contributed by atoms with E-state index in [1.54, 1.807) is 31.6 Å². The van der Waals surface area contributed by atoms with E-state index in [0.29, 0.717) is 18.9 Å². The molecule has 0 amide bonds. The number of nitrogens with one attached hydrogen (secondary N) is 1. The van der Waals surface area contributed by atoms with Crippen molar-refractivity contribution in [2.45, 2.75) is 25.7 Å². The molecule has 0 aliphatic heterocycles. The first-order valence-corrected chi connectivity index (χ1v) is 9.21. The van der Waals surface area contributed by atoms with Gasteiger partial charge in [0, 0.05) is 38.0 Å². The summed E-state index contributed by atoms with van der Waals surface area (Å²) in [4.78, 5) is 10.7. The fourth-order valence-corrected chi connectivity index (χ4v) is 3.88. The Morgan fingerprint density at radius 2 is 1.92 bits per heavy atom. The zero-order chi connectivity index (χ0) is 18.8. The quantitative estimate of drug-likeness (QED) is 0.594. The predicted molar refractivity (Wildman–Crippen MR) is 94.4 cm³/mol. The van der Waals surface area contributed by atoms with Gasteiger partial charge >= 0.3 is 0 Å². The summed E-state index contributed by atoms with van der Waals surface area (Å²) in [5.41, 5.74) is 0.740. The van der Waals surface area contributed by atoms with Crippen LogP contribution in [0.4, 0.5) is 17.2 Å². The molecule has 9 nitrogen and oxygen atoms in total. The molecule has 0 saturated heterocycles. The number of sulfonamides is 1. The Balaban J connectivity index is 2.46. The lowest BCUT2D eigenvalue weighted by Crippen LogP contribution is -2.30. The minimum atomic E-state index is -3.77. The van der Waals surface area contributed by atoms with Gasteiger partial charge in [0.1, 0.15) is 5.69 Å². The first kappa shape index (κ1) is 18.9. The number of nitro benzene ring substituents is 1. The average Bonchev–Trinajstić information content (AvgIpc) is 2.86. The second kappa shape index (κ2) is 7.19. The van der Waals surface area contributed by atoms with Crippen LogP contribution < -0.4 is 5.32 Å². The number of nitrogens with zero attached hydrogens (tertiary/aromatic N) is 4. The first-order valence-electron chi connectivity index (χ1n) is 7.77. The Hall–Kier alpha value is -2.46. The molecule has 1 N–H and O–H groups in total. The van der Waals surface area contributed by atoms with Crippen LogP contribution in [0.5, 0.6) is 0 Å². The SMILES string of the molecule is CCN(CC)S(=O)(=O)c1ccc(Nc2cc(C)n(C)n2)c([N+](=O)[O-])c1. The van der Waals surface area contributed by atoms with Crippen LogP contribution in [0, 0.1) is 17.0 Å². The summed E-state index contributed by atoms with van der Waals surface area (Å²) in [6.45, 7) is 5.87. The molecule has 0 spiro atoms. The minimum absolute atomic E-state index is 0.106. The van der Waals surface area contributed by atoms with Gasteiger partial charge in [-0.25, -0.2) is 8.42 Å². The molecule has 0 unspecified atom stereocenters. The topological polar surface area (TPSA) is 110 Å². The molecular weight excluding hydrogens is 346 g/mol. The molecule has 2 rings (SSSR count). The standard InChI is InChI=1S/C15H21N5O4S/c1-5-19(6-2)25(23,24)12-7-8-13(14(10-12)20(21)22)16-15-9-11(3)18(4)17-15/h7-10H,5-6H2,1-4H3,(H,16,17). The molecule has 1 heterocycles. The molecule has 1 aromatic heterocycles. The Labute approximate surface area is 146 Å². The smallest absolute Gasteiger partial charge is 0.294 e. The lowest BCUT2D eigenvalue weighted by Gasteiger charge is -2.18. The van der Waals surface area contributed by atoms with Crippen molar-refractivity contribution in [3.8, 4) is 0 Å². The fraction of sp³-hybridized carbons (Fsp3) is 0.400. The number of nitro groups is 1. The summed E-state index contributed by atoms with van der Waals surface area (Å²) in [5.74, 6) is 0.447. The summed E-state index contributed by atoms with van der Waals surface area (Å²) < 4.78 is 28.0. The summed E-state index contributed by atoms with van der Waals surface area (Å²) in [6, 6.07) is 5.56. The van der Waals surface area contributed by atoms with E-state index in [0.717, 1.165) is 11.8 Å². The summed E-state index contributed by atoms with van der Waals surface area (Å²) in [7, 11) is -2.01. The molecule has 0 aliphatic rings. The van der Waals surface area contributed by atoms with Gasteiger partial charge in [-0.2, -0.15) is 9.40 Å². The number of anilines is 2. The van der Waals surface area contributed by atoms with Gasteiger partial charge in [0.2, 0.25) is 10.0 Å². The first-order chi connectivity index (χ1) is 11.7. The second-order valence-corrected chi connectivity index (χ2v) is 7.38. The predicted octanol–water partition coefficient (Wildman–Crippen LogP) is 2.41. The lowest BCUT2D eigenvalue weighted by molar-refractivity contribution is -0.384. The third-order valence-electron chi connectivity index (χ3n) is 3.89. The van der Waals surface area contributed by atoms with Crippen molar-refractivity contribution in [1.82, 2.24) is 14.1 Å². The number of aryl methyl sites for hydroxylation is 2. The van der Waals surface area contributed by atoms with Crippen molar-refractivity contribution < 1.29 is 13.3 Å². The van der Waals surface area contributed by atoms with E-state index in [9.17, 15) is 18.5 Å². The molecule has 25 heavy (non-hydrogen) atoms. The van der Waals surface area contributed by atoms with E-state index >= 15 is 0 Å². The van der Waals surface area contributed by atoms with E-state index in [4.69, 9.17) is 0 Å². The molecule has 0 saturated carbocycles. The van der Waals surface area contributed by atoms with Gasteiger partial charge < -0.3 is 5.32 Å². The van der Waals surface area contributed by atoms with Crippen LogP contribution in [0.3, 0.4) is 0 Å². The molecule has 10 heteroatoms. The van der Waals surface area contributed by atoms with Crippen LogP contribution in [-0.2, 0) is 17.1 Å². The van der Waals surface area contributed by atoms with Crippen molar-refractivity contribution >= 4 is 27.2 Å². The largest absolute Gasteiger partial charge is 0.333 e. The average molecular weight is 367 g/mol. The Bertz CT molecular complexity index is 868. The number of hydrogen-bond donors (Lipinski definition) is 1. The second-order valence-electron chi connectivity index (χ2n) is 5.44. The molecule has 1 aromatic carbocycles. The van der Waals surface area contributed by atoms with Crippen molar-refractivity contribution in [3.63, 3.8) is 0 Å². The van der Waals surface area contributed by atoms with E-state index < -0.39 is 14.9 Å². The third kappa shape index (κ3) is 3.80. The number of rotatable bonds is 7. The molecular formula is C15H21N5O4S. The van der Waals surface area contributed by atoms with Gasteiger partial charge in [0.25, 0.3) is 5.69 Å². The Morgan fingerprint density at radius 3 is 2.40 bits per heavy atom. The molecule has 0 atom stereocenters. The van der Waals surface area contributed by atoms with Gasteiger partial charge in [-0.1, -0.05) is 13.8 Å². The van der Waals surface area contributed by atoms with Gasteiger partial charge in [-0.3, -0.25) is 14.8 Å². The van der Waals surface area contributed by atoms with Crippen LogP contribution in [0.15, 0.2) is 29.2 Å². The van der Waals surface area contributed by atoms with Crippen LogP contribution in [0.1, 0.15) is 19.5 Å². The fourth-order valence-electron chi connectivity index (χ4n) is 2.40. The molecule has 0 aliphatic carbocycles. The zero-order valence-electron chi connectivity index (χ0n) is 14.6. The minimum Gasteiger partial charge on any atom is -0.333 e. The van der Waals surface area contributed by atoms with Crippen molar-refractivity contribution in [2.75, 3.05) is 18.4 Å². The highest BCUT2D eigenvalue weighted by molar-refractivity contribution is 7.89. The van der Waals surface area contributed by atoms with E-state index in [1.807, 2.05) is 6.92 Å². The third-order valence-corrected chi connectivity index (χ3v) is 5.93. The van der Waals surface area contributed by atoms with E-state index in [2.05, 4.69) is 10.4 Å². The Morgan fingerprint density at radius 1 is 1.28 bits per heavy atom. The van der Waals surface area contributed by atoms with Gasteiger partial charge in [-0.05, 0) is 19.1 Å². The van der Waals surface area contributed by atoms with Crippen molar-refractivity contribution in [1.29, 1.82) is 0 Å². The lowest BCUT2D eigenvalue weighted by atomic mass is 10.2.